The van der Waals surface area contributed by atoms with Gasteiger partial charge in [-0.2, -0.15) is 5.56 Å². The van der Waals surface area contributed by atoms with Gasteiger partial charge in [0.25, 0.3) is 0 Å². The Morgan fingerprint density at radius 2 is 2.43 bits per heavy atom. The molecule has 1 aromatic rings. The summed E-state index contributed by atoms with van der Waals surface area (Å²) in [6.45, 7) is 1.93. The van der Waals surface area contributed by atoms with Crippen LogP contribution >= 0.6 is 0 Å². The van der Waals surface area contributed by atoms with Crippen LogP contribution in [0.2, 0.25) is 0 Å². The zero-order valence-corrected chi connectivity index (χ0v) is 6.98. The van der Waals surface area contributed by atoms with Gasteiger partial charge in [0.1, 0.15) is 0 Å². The summed E-state index contributed by atoms with van der Waals surface area (Å²) in [4.78, 5) is 0. The molecule has 0 N–H and O–H groups in total. The Morgan fingerprint density at radius 3 is 2.57 bits per heavy atom. The number of furan rings is 1. The van der Waals surface area contributed by atoms with Gasteiger partial charge in [0.2, 0.25) is 0 Å². The van der Waals surface area contributed by atoms with Crippen LogP contribution in [0.25, 0.3) is 0 Å². The summed E-state index contributed by atoms with van der Waals surface area (Å²) in [5.41, 5.74) is 1.05. The summed E-state index contributed by atoms with van der Waals surface area (Å²) < 4.78 is 4.66. The Bertz CT molecular complexity index is 112. The average molecular weight is 170 g/mol. The summed E-state index contributed by atoms with van der Waals surface area (Å²) in [5, 5.41) is 0. The molecule has 0 bridgehead atoms. The van der Waals surface area contributed by atoms with Gasteiger partial charge in [-0.05, 0) is 6.26 Å². The molecule has 0 saturated carbocycles. The van der Waals surface area contributed by atoms with E-state index >= 15 is 0 Å². The molecule has 0 aliphatic heterocycles. The van der Waals surface area contributed by atoms with Crippen molar-refractivity contribution >= 4 is 0 Å². The summed E-state index contributed by atoms with van der Waals surface area (Å²) in [5.74, 6) is 0. The number of hydrogen-bond donors (Lipinski definition) is 0. The van der Waals surface area contributed by atoms with Crippen molar-refractivity contribution in [3.8, 4) is 0 Å². The van der Waals surface area contributed by atoms with Crippen molar-refractivity contribution in [2.45, 2.75) is 6.92 Å². The molecule has 1 radical (unpaired) electrons. The summed E-state index contributed by atoms with van der Waals surface area (Å²) in [7, 11) is 0. The molecule has 0 unspecified atom stereocenters. The molecule has 0 fully saturated rings. The van der Waals surface area contributed by atoms with Crippen molar-refractivity contribution in [3.63, 3.8) is 0 Å². The maximum absolute atomic E-state index is 4.66. The quantitative estimate of drug-likeness (QED) is 0.536. The normalized spacial score (nSPS) is 7.57. The van der Waals surface area contributed by atoms with E-state index in [-0.39, 0.29) is 32.7 Å². The molecule has 1 aromatic heterocycles. The van der Waals surface area contributed by atoms with Crippen LogP contribution in [0.3, 0.4) is 0 Å². The Morgan fingerprint density at radius 1 is 1.71 bits per heavy atom. The molecule has 0 aliphatic rings. The second-order valence-corrected chi connectivity index (χ2v) is 1.20. The van der Waals surface area contributed by atoms with Crippen molar-refractivity contribution in [1.82, 2.24) is 0 Å². The third-order valence-corrected chi connectivity index (χ3v) is 0.599. The van der Waals surface area contributed by atoms with Crippen LogP contribution in [0.15, 0.2) is 16.9 Å². The fraction of sp³-hybridized carbons (Fsp3) is 0.200. The van der Waals surface area contributed by atoms with E-state index in [0.717, 1.165) is 5.56 Å². The topological polar surface area (TPSA) is 13.1 Å². The van der Waals surface area contributed by atoms with E-state index in [1.165, 1.54) is 6.26 Å². The number of aryl methyl sites for hydroxylation is 1. The first-order valence-corrected chi connectivity index (χ1v) is 1.80. The third kappa shape index (κ3) is 2.25. The molecule has 1 heterocycles. The van der Waals surface area contributed by atoms with E-state index in [2.05, 4.69) is 10.5 Å². The Balaban J connectivity index is 0.000000360. The second-order valence-electron chi connectivity index (χ2n) is 1.20. The van der Waals surface area contributed by atoms with Gasteiger partial charge in [-0.15, -0.1) is 0 Å². The molecule has 2 heteroatoms. The van der Waals surface area contributed by atoms with Crippen molar-refractivity contribution in [1.29, 1.82) is 0 Å². The predicted octanol–water partition coefficient (Wildman–Crippen LogP) is 1.39. The van der Waals surface area contributed by atoms with Crippen molar-refractivity contribution in [3.05, 3.63) is 24.2 Å². The zero-order chi connectivity index (χ0) is 4.41. The maximum Gasteiger partial charge on any atom is 0 e. The second kappa shape index (κ2) is 3.39. The van der Waals surface area contributed by atoms with E-state index in [1.54, 1.807) is 6.26 Å². The van der Waals surface area contributed by atoms with E-state index in [1.807, 2.05) is 6.92 Å². The van der Waals surface area contributed by atoms with Crippen molar-refractivity contribution < 1.29 is 37.1 Å². The molecule has 0 atom stereocenters. The Hall–Kier alpha value is 0.384. The van der Waals surface area contributed by atoms with Gasteiger partial charge < -0.3 is 4.42 Å². The van der Waals surface area contributed by atoms with Crippen LogP contribution in [0.5, 0.6) is 0 Å². The van der Waals surface area contributed by atoms with E-state index in [4.69, 9.17) is 0 Å². The molecular weight excluding hydrogens is 165 g/mol. The first-order valence-electron chi connectivity index (χ1n) is 1.80. The molecule has 7 heavy (non-hydrogen) atoms. The molecule has 0 amide bonds. The summed E-state index contributed by atoms with van der Waals surface area (Å²) in [6.07, 6.45) is 3.19. The van der Waals surface area contributed by atoms with Crippen molar-refractivity contribution in [2.75, 3.05) is 0 Å². The Kier molecular flexibility index (Phi) is 3.58. The van der Waals surface area contributed by atoms with Gasteiger partial charge in [-0.3, -0.25) is 0 Å². The van der Waals surface area contributed by atoms with Crippen LogP contribution in [0.1, 0.15) is 5.56 Å². The molecule has 1 rings (SSSR count). The van der Waals surface area contributed by atoms with Crippen LogP contribution < -0.4 is 0 Å². The van der Waals surface area contributed by atoms with E-state index < -0.39 is 0 Å². The molecule has 35 valence electrons. The first kappa shape index (κ1) is 7.38. The minimum atomic E-state index is 0. The SMILES string of the molecule is Cc1[c-]coc1.[Y]. The van der Waals surface area contributed by atoms with Crippen LogP contribution in [-0.4, -0.2) is 0 Å². The van der Waals surface area contributed by atoms with Crippen molar-refractivity contribution in [2.24, 2.45) is 0 Å². The largest absolute Gasteiger partial charge is 0.576 e. The molecule has 0 spiro atoms. The predicted molar refractivity (Wildman–Crippen MR) is 22.3 cm³/mol. The maximum atomic E-state index is 4.66. The number of rotatable bonds is 0. The van der Waals surface area contributed by atoms with Gasteiger partial charge in [0.15, 0.2) is 0 Å². The minimum absolute atomic E-state index is 0. The van der Waals surface area contributed by atoms with E-state index in [9.17, 15) is 0 Å². The summed E-state index contributed by atoms with van der Waals surface area (Å²) in [6, 6.07) is 2.83. The number of hydrogen-bond acceptors (Lipinski definition) is 1. The monoisotopic (exact) mass is 170 g/mol. The molecule has 0 aromatic carbocycles. The van der Waals surface area contributed by atoms with Gasteiger partial charge in [0, 0.05) is 32.7 Å². The van der Waals surface area contributed by atoms with Gasteiger partial charge in [-0.25, -0.2) is 6.07 Å². The summed E-state index contributed by atoms with van der Waals surface area (Å²) >= 11 is 0. The molecule has 0 aliphatic carbocycles. The van der Waals surface area contributed by atoms with E-state index in [0.29, 0.717) is 0 Å². The van der Waals surface area contributed by atoms with Crippen LogP contribution in [0, 0.1) is 13.0 Å². The average Bonchev–Trinajstić information content (AvgIpc) is 1.86. The fourth-order valence-corrected chi connectivity index (χ4v) is 0.297. The zero-order valence-electron chi connectivity index (χ0n) is 4.14. The van der Waals surface area contributed by atoms with Gasteiger partial charge >= 0.3 is 0 Å². The first-order chi connectivity index (χ1) is 2.89. The molecular formula is C5H5OY-. The minimum Gasteiger partial charge on any atom is -0.576 e. The third-order valence-electron chi connectivity index (χ3n) is 0.599. The van der Waals surface area contributed by atoms with Crippen LogP contribution in [0.4, 0.5) is 0 Å². The fourth-order valence-electron chi connectivity index (χ4n) is 0.297. The van der Waals surface area contributed by atoms with Gasteiger partial charge in [-0.1, -0.05) is 13.2 Å². The smallest absolute Gasteiger partial charge is 0 e. The molecule has 0 saturated heterocycles. The van der Waals surface area contributed by atoms with Crippen LogP contribution in [-0.2, 0) is 32.7 Å². The van der Waals surface area contributed by atoms with Gasteiger partial charge in [0.05, 0.1) is 0 Å². The molecule has 1 nitrogen and oxygen atoms in total. The standard InChI is InChI=1S/C5H5O.Y/c1-5-2-3-6-4-5;/h3-4H,1H3;/q-1;. The Labute approximate surface area is 68.0 Å².